The van der Waals surface area contributed by atoms with Crippen LogP contribution >= 0.6 is 11.6 Å². The van der Waals surface area contributed by atoms with Crippen LogP contribution in [0.1, 0.15) is 17.9 Å². The first-order valence-corrected chi connectivity index (χ1v) is 8.54. The fraction of sp³-hybridized carbons (Fsp3) is 0.286. The summed E-state index contributed by atoms with van der Waals surface area (Å²) in [5, 5.41) is 4.40. The van der Waals surface area contributed by atoms with E-state index in [0.717, 1.165) is 5.56 Å². The van der Waals surface area contributed by atoms with E-state index in [0.29, 0.717) is 11.4 Å². The molecule has 8 heteroatoms. The molecule has 0 bridgehead atoms. The third kappa shape index (κ3) is 3.00. The number of carbonyl (C=O) groups is 1. The molecule has 0 unspecified atom stereocenters. The Kier molecular flexibility index (Phi) is 3.70. The van der Waals surface area contributed by atoms with Crippen LogP contribution < -0.4 is 4.72 Å². The molecule has 0 aliphatic heterocycles. The molecule has 3 rings (SSSR count). The number of amides is 1. The van der Waals surface area contributed by atoms with Crippen LogP contribution in [0.2, 0.25) is 5.02 Å². The van der Waals surface area contributed by atoms with Crippen LogP contribution in [0.4, 0.5) is 0 Å². The Hall–Kier alpha value is -1.86. The van der Waals surface area contributed by atoms with Gasteiger partial charge >= 0.3 is 0 Å². The molecule has 1 aromatic carbocycles. The predicted octanol–water partition coefficient (Wildman–Crippen LogP) is 1.68. The van der Waals surface area contributed by atoms with E-state index >= 15 is 0 Å². The lowest BCUT2D eigenvalue weighted by molar-refractivity contribution is -0.120. The number of hydrogen-bond donors (Lipinski definition) is 1. The van der Waals surface area contributed by atoms with Crippen molar-refractivity contribution in [2.75, 3.05) is 0 Å². The minimum absolute atomic E-state index is 0.0165. The maximum atomic E-state index is 12.1. The number of sulfonamides is 1. The summed E-state index contributed by atoms with van der Waals surface area (Å²) in [6.45, 7) is 0. The third-order valence-electron chi connectivity index (χ3n) is 3.63. The van der Waals surface area contributed by atoms with Crippen molar-refractivity contribution in [3.8, 4) is 0 Å². The van der Waals surface area contributed by atoms with Gasteiger partial charge in [0.1, 0.15) is 4.90 Å². The van der Waals surface area contributed by atoms with Crippen LogP contribution in [0.15, 0.2) is 41.6 Å². The van der Waals surface area contributed by atoms with E-state index in [1.165, 1.54) is 17.1 Å². The van der Waals surface area contributed by atoms with Crippen LogP contribution in [0, 0.1) is 5.92 Å². The number of aromatic nitrogens is 2. The zero-order valence-electron chi connectivity index (χ0n) is 11.7. The first-order chi connectivity index (χ1) is 10.4. The van der Waals surface area contributed by atoms with Crippen molar-refractivity contribution >= 4 is 27.5 Å². The second-order valence-electron chi connectivity index (χ2n) is 5.32. The van der Waals surface area contributed by atoms with Gasteiger partial charge in [-0.25, -0.2) is 13.1 Å². The lowest BCUT2D eigenvalue weighted by Crippen LogP contribution is -2.31. The average molecular weight is 340 g/mol. The van der Waals surface area contributed by atoms with E-state index < -0.39 is 15.9 Å². The number of benzene rings is 1. The summed E-state index contributed by atoms with van der Waals surface area (Å²) < 4.78 is 27.6. The molecule has 1 aromatic heterocycles. The molecule has 1 saturated carbocycles. The molecule has 116 valence electrons. The van der Waals surface area contributed by atoms with Gasteiger partial charge in [0.05, 0.1) is 6.20 Å². The Labute approximate surface area is 133 Å². The fourth-order valence-electron chi connectivity index (χ4n) is 2.39. The van der Waals surface area contributed by atoms with E-state index in [2.05, 4.69) is 9.82 Å². The Bertz CT molecular complexity index is 831. The first-order valence-electron chi connectivity index (χ1n) is 6.67. The highest BCUT2D eigenvalue weighted by Crippen LogP contribution is 2.48. The molecule has 1 N–H and O–H groups in total. The maximum absolute atomic E-state index is 12.1. The molecule has 0 radical (unpaired) electrons. The molecular weight excluding hydrogens is 326 g/mol. The van der Waals surface area contributed by atoms with Gasteiger partial charge < -0.3 is 0 Å². The topological polar surface area (TPSA) is 81.1 Å². The van der Waals surface area contributed by atoms with E-state index in [4.69, 9.17) is 11.6 Å². The van der Waals surface area contributed by atoms with E-state index in [1.54, 1.807) is 19.2 Å². The number of halogens is 1. The first kappa shape index (κ1) is 15.1. The van der Waals surface area contributed by atoms with E-state index in [9.17, 15) is 13.2 Å². The molecule has 0 spiro atoms. The highest BCUT2D eigenvalue weighted by Gasteiger charge is 2.45. The Morgan fingerprint density at radius 1 is 1.45 bits per heavy atom. The van der Waals surface area contributed by atoms with Crippen LogP contribution in [-0.4, -0.2) is 24.1 Å². The van der Waals surface area contributed by atoms with Crippen molar-refractivity contribution in [3.05, 3.63) is 47.2 Å². The molecule has 1 amide bonds. The molecule has 2 aromatic rings. The standard InChI is InChI=1S/C14H14ClN3O3S/c1-18-8-11(7-16-18)22(20,21)17-14(19)13-6-12(13)9-3-2-4-10(15)5-9/h2-5,7-8,12-13H,6H2,1H3,(H,17,19)/t12-,13-/m1/s1. The summed E-state index contributed by atoms with van der Waals surface area (Å²) in [4.78, 5) is 12.1. The predicted molar refractivity (Wildman–Crippen MR) is 80.8 cm³/mol. The maximum Gasteiger partial charge on any atom is 0.267 e. The van der Waals surface area contributed by atoms with Crippen LogP contribution in [0.3, 0.4) is 0 Å². The van der Waals surface area contributed by atoms with E-state index in [1.807, 2.05) is 12.1 Å². The van der Waals surface area contributed by atoms with Crippen LogP contribution in [0.25, 0.3) is 0 Å². The van der Waals surface area contributed by atoms with Gasteiger partial charge in [-0.15, -0.1) is 0 Å². The molecule has 1 heterocycles. The summed E-state index contributed by atoms with van der Waals surface area (Å²) in [6, 6.07) is 7.27. The monoisotopic (exact) mass is 339 g/mol. The van der Waals surface area contributed by atoms with Crippen molar-refractivity contribution in [1.29, 1.82) is 0 Å². The van der Waals surface area contributed by atoms with Gasteiger partial charge in [-0.1, -0.05) is 23.7 Å². The van der Waals surface area contributed by atoms with Gasteiger partial charge in [0, 0.05) is 24.2 Å². The second kappa shape index (κ2) is 5.40. The number of carbonyl (C=O) groups excluding carboxylic acids is 1. The normalized spacial score (nSPS) is 20.6. The highest BCUT2D eigenvalue weighted by molar-refractivity contribution is 7.90. The minimum Gasteiger partial charge on any atom is -0.274 e. The van der Waals surface area contributed by atoms with E-state index in [-0.39, 0.29) is 16.7 Å². The summed E-state index contributed by atoms with van der Waals surface area (Å²) >= 11 is 5.93. The van der Waals surface area contributed by atoms with Gasteiger partial charge in [-0.2, -0.15) is 5.10 Å². The van der Waals surface area contributed by atoms with Gasteiger partial charge in [0.25, 0.3) is 10.0 Å². The summed E-state index contributed by atoms with van der Waals surface area (Å²) in [6.07, 6.45) is 3.17. The molecule has 1 aliphatic rings. The van der Waals surface area contributed by atoms with Crippen LogP contribution in [0.5, 0.6) is 0 Å². The van der Waals surface area contributed by atoms with Crippen molar-refractivity contribution in [3.63, 3.8) is 0 Å². The lowest BCUT2D eigenvalue weighted by Gasteiger charge is -2.05. The fourth-order valence-corrected chi connectivity index (χ4v) is 3.61. The Morgan fingerprint density at radius 3 is 2.86 bits per heavy atom. The highest BCUT2D eigenvalue weighted by atomic mass is 35.5. The number of rotatable bonds is 4. The number of hydrogen-bond acceptors (Lipinski definition) is 4. The van der Waals surface area contributed by atoms with Crippen molar-refractivity contribution in [1.82, 2.24) is 14.5 Å². The van der Waals surface area contributed by atoms with Crippen LogP contribution in [-0.2, 0) is 21.9 Å². The largest absolute Gasteiger partial charge is 0.274 e. The molecular formula is C14H14ClN3O3S. The minimum atomic E-state index is -3.87. The Balaban J connectivity index is 1.69. The average Bonchev–Trinajstić information content (AvgIpc) is 3.13. The Morgan fingerprint density at radius 2 is 2.23 bits per heavy atom. The van der Waals surface area contributed by atoms with Crippen molar-refractivity contribution in [2.45, 2.75) is 17.2 Å². The third-order valence-corrected chi connectivity index (χ3v) is 5.17. The number of nitrogens with one attached hydrogen (secondary N) is 1. The number of nitrogens with zero attached hydrogens (tertiary/aromatic N) is 2. The lowest BCUT2D eigenvalue weighted by atomic mass is 10.1. The second-order valence-corrected chi connectivity index (χ2v) is 7.44. The molecule has 1 fully saturated rings. The van der Waals surface area contributed by atoms with Gasteiger partial charge in [0.2, 0.25) is 5.91 Å². The van der Waals surface area contributed by atoms with Gasteiger partial charge in [0.15, 0.2) is 0 Å². The number of aryl methyl sites for hydroxylation is 1. The smallest absolute Gasteiger partial charge is 0.267 e. The summed E-state index contributed by atoms with van der Waals surface area (Å²) in [7, 11) is -2.26. The van der Waals surface area contributed by atoms with Gasteiger partial charge in [-0.05, 0) is 30.0 Å². The molecule has 0 saturated heterocycles. The quantitative estimate of drug-likeness (QED) is 0.919. The summed E-state index contributed by atoms with van der Waals surface area (Å²) in [5.41, 5.74) is 0.950. The molecule has 6 nitrogen and oxygen atoms in total. The SMILES string of the molecule is Cn1cc(S(=O)(=O)NC(=O)[C@@H]2C[C@@H]2c2cccc(Cl)c2)cn1. The zero-order chi connectivity index (χ0) is 15.9. The van der Waals surface area contributed by atoms with Gasteiger partial charge in [-0.3, -0.25) is 9.48 Å². The molecule has 22 heavy (non-hydrogen) atoms. The van der Waals surface area contributed by atoms with Crippen molar-refractivity contribution < 1.29 is 13.2 Å². The van der Waals surface area contributed by atoms with Crippen molar-refractivity contribution in [2.24, 2.45) is 13.0 Å². The molecule has 2 atom stereocenters. The zero-order valence-corrected chi connectivity index (χ0v) is 13.3. The molecule has 1 aliphatic carbocycles. The summed E-state index contributed by atoms with van der Waals surface area (Å²) in [5.74, 6) is -0.818.